The number of methoxy groups -OCH3 is 1. The van der Waals surface area contributed by atoms with E-state index in [1.54, 1.807) is 23.1 Å². The number of esters is 2. The van der Waals surface area contributed by atoms with Gasteiger partial charge < -0.3 is 14.4 Å². The van der Waals surface area contributed by atoms with E-state index in [1.165, 1.54) is 7.11 Å². The predicted molar refractivity (Wildman–Crippen MR) is 61.3 cm³/mol. The maximum atomic E-state index is 11.2. The molecule has 5 nitrogen and oxygen atoms in total. The zero-order valence-electron chi connectivity index (χ0n) is 9.10. The summed E-state index contributed by atoms with van der Waals surface area (Å²) < 4.78 is 9.51. The summed E-state index contributed by atoms with van der Waals surface area (Å²) in [6.45, 7) is -0.00272. The summed E-state index contributed by atoms with van der Waals surface area (Å²) in [5, 5.41) is 0.452. The van der Waals surface area contributed by atoms with Crippen molar-refractivity contribution in [3.05, 3.63) is 23.2 Å². The first-order valence-corrected chi connectivity index (χ1v) is 5.30. The third kappa shape index (κ3) is 2.50. The number of carbonyl (C=O) groups excluding carboxylic acids is 2. The SMILES string of the molecule is COc1ccc(Cl)c(N2CC(=O)OC(=O)C2)c1. The van der Waals surface area contributed by atoms with E-state index in [-0.39, 0.29) is 13.1 Å². The number of halogens is 1. The quantitative estimate of drug-likeness (QED) is 0.588. The van der Waals surface area contributed by atoms with Crippen molar-refractivity contribution < 1.29 is 19.1 Å². The third-order valence-electron chi connectivity index (χ3n) is 2.36. The van der Waals surface area contributed by atoms with Crippen LogP contribution in [0.15, 0.2) is 18.2 Å². The van der Waals surface area contributed by atoms with Crippen molar-refractivity contribution in [2.75, 3.05) is 25.1 Å². The molecule has 0 bridgehead atoms. The number of carbonyl (C=O) groups is 2. The lowest BCUT2D eigenvalue weighted by atomic mass is 10.2. The topological polar surface area (TPSA) is 55.8 Å². The monoisotopic (exact) mass is 255 g/mol. The Morgan fingerprint density at radius 1 is 1.29 bits per heavy atom. The fourth-order valence-electron chi connectivity index (χ4n) is 1.59. The van der Waals surface area contributed by atoms with Crippen molar-refractivity contribution in [1.82, 2.24) is 0 Å². The molecular weight excluding hydrogens is 246 g/mol. The van der Waals surface area contributed by atoms with Crippen LogP contribution in [0.5, 0.6) is 5.75 Å². The number of hydrogen-bond donors (Lipinski definition) is 0. The van der Waals surface area contributed by atoms with Gasteiger partial charge in [0.2, 0.25) is 0 Å². The lowest BCUT2D eigenvalue weighted by Gasteiger charge is -2.27. The second-order valence-electron chi connectivity index (χ2n) is 3.52. The standard InChI is InChI=1S/C11H10ClNO4/c1-16-7-2-3-8(12)9(4-7)13-5-10(14)17-11(15)6-13/h2-4H,5-6H2,1H3. The first-order valence-electron chi connectivity index (χ1n) is 4.92. The van der Waals surface area contributed by atoms with Gasteiger partial charge in [-0.25, -0.2) is 9.59 Å². The highest BCUT2D eigenvalue weighted by atomic mass is 35.5. The van der Waals surface area contributed by atoms with E-state index in [9.17, 15) is 9.59 Å². The molecule has 0 aromatic heterocycles. The molecule has 0 saturated carbocycles. The predicted octanol–water partition coefficient (Wildman–Crippen LogP) is 1.24. The average Bonchev–Trinajstić information content (AvgIpc) is 2.28. The molecule has 2 rings (SSSR count). The molecule has 6 heteroatoms. The van der Waals surface area contributed by atoms with Crippen molar-refractivity contribution >= 4 is 29.2 Å². The molecule has 0 radical (unpaired) electrons. The van der Waals surface area contributed by atoms with Crippen LogP contribution in [0.2, 0.25) is 5.02 Å². The van der Waals surface area contributed by atoms with Crippen LogP contribution in [0.1, 0.15) is 0 Å². The molecule has 1 heterocycles. The number of morpholine rings is 1. The molecule has 90 valence electrons. The molecule has 0 unspecified atom stereocenters. The van der Waals surface area contributed by atoms with Gasteiger partial charge in [0.05, 0.1) is 17.8 Å². The number of ether oxygens (including phenoxy) is 2. The zero-order valence-corrected chi connectivity index (χ0v) is 9.86. The van der Waals surface area contributed by atoms with E-state index in [0.717, 1.165) is 0 Å². The van der Waals surface area contributed by atoms with E-state index >= 15 is 0 Å². The van der Waals surface area contributed by atoms with Gasteiger partial charge in [0, 0.05) is 6.07 Å². The summed E-state index contributed by atoms with van der Waals surface area (Å²) in [6, 6.07) is 5.03. The van der Waals surface area contributed by atoms with Gasteiger partial charge in [0.25, 0.3) is 0 Å². The zero-order chi connectivity index (χ0) is 12.4. The Hall–Kier alpha value is -1.75. The fraction of sp³-hybridized carbons (Fsp3) is 0.273. The number of rotatable bonds is 2. The van der Waals surface area contributed by atoms with Gasteiger partial charge in [-0.3, -0.25) is 0 Å². The van der Waals surface area contributed by atoms with Gasteiger partial charge in [0.15, 0.2) is 0 Å². The van der Waals surface area contributed by atoms with Crippen molar-refractivity contribution in [2.24, 2.45) is 0 Å². The Kier molecular flexibility index (Phi) is 3.19. The molecule has 0 spiro atoms. The second-order valence-corrected chi connectivity index (χ2v) is 3.93. The summed E-state index contributed by atoms with van der Waals surface area (Å²) in [5.74, 6) is -0.559. The summed E-state index contributed by atoms with van der Waals surface area (Å²) in [7, 11) is 1.53. The van der Waals surface area contributed by atoms with Crippen molar-refractivity contribution in [2.45, 2.75) is 0 Å². The number of hydrogen-bond acceptors (Lipinski definition) is 5. The normalized spacial score (nSPS) is 15.8. The fourth-order valence-corrected chi connectivity index (χ4v) is 1.83. The Morgan fingerprint density at radius 3 is 2.53 bits per heavy atom. The minimum Gasteiger partial charge on any atom is -0.497 e. The van der Waals surface area contributed by atoms with E-state index in [0.29, 0.717) is 16.5 Å². The first-order chi connectivity index (χ1) is 8.10. The largest absolute Gasteiger partial charge is 0.497 e. The van der Waals surface area contributed by atoms with E-state index in [1.807, 2.05) is 0 Å². The Labute approximate surface area is 103 Å². The molecule has 1 saturated heterocycles. The molecule has 0 aliphatic carbocycles. The van der Waals surface area contributed by atoms with Gasteiger partial charge in [0.1, 0.15) is 18.8 Å². The van der Waals surface area contributed by atoms with E-state index in [2.05, 4.69) is 4.74 Å². The maximum Gasteiger partial charge on any atom is 0.333 e. The molecular formula is C11H10ClNO4. The molecule has 17 heavy (non-hydrogen) atoms. The van der Waals surface area contributed by atoms with Crippen molar-refractivity contribution in [1.29, 1.82) is 0 Å². The lowest BCUT2D eigenvalue weighted by molar-refractivity contribution is -0.160. The van der Waals surface area contributed by atoms with Crippen LogP contribution < -0.4 is 9.64 Å². The van der Waals surface area contributed by atoms with Crippen LogP contribution in [0.3, 0.4) is 0 Å². The third-order valence-corrected chi connectivity index (χ3v) is 2.68. The Morgan fingerprint density at radius 2 is 1.94 bits per heavy atom. The summed E-state index contributed by atoms with van der Waals surface area (Å²) in [6.07, 6.45) is 0. The summed E-state index contributed by atoms with van der Waals surface area (Å²) in [5.41, 5.74) is 0.580. The van der Waals surface area contributed by atoms with Gasteiger partial charge in [-0.1, -0.05) is 11.6 Å². The maximum absolute atomic E-state index is 11.2. The highest BCUT2D eigenvalue weighted by Crippen LogP contribution is 2.30. The van der Waals surface area contributed by atoms with Crippen LogP contribution in [0.4, 0.5) is 5.69 Å². The summed E-state index contributed by atoms with van der Waals surface area (Å²) >= 11 is 6.02. The minimum atomic E-state index is -0.583. The number of cyclic esters (lactones) is 2. The van der Waals surface area contributed by atoms with Crippen LogP contribution >= 0.6 is 11.6 Å². The molecule has 1 fully saturated rings. The van der Waals surface area contributed by atoms with Crippen molar-refractivity contribution in [3.63, 3.8) is 0 Å². The highest BCUT2D eigenvalue weighted by Gasteiger charge is 2.26. The first kappa shape index (κ1) is 11.7. The minimum absolute atomic E-state index is 0.00136. The van der Waals surface area contributed by atoms with Gasteiger partial charge in [-0.15, -0.1) is 0 Å². The lowest BCUT2D eigenvalue weighted by Crippen LogP contribution is -2.43. The molecule has 0 amide bonds. The molecule has 1 aromatic carbocycles. The van der Waals surface area contributed by atoms with Gasteiger partial charge >= 0.3 is 11.9 Å². The van der Waals surface area contributed by atoms with Crippen LogP contribution in [-0.4, -0.2) is 32.1 Å². The second kappa shape index (κ2) is 4.63. The molecule has 0 N–H and O–H groups in total. The number of anilines is 1. The van der Waals surface area contributed by atoms with Crippen LogP contribution in [-0.2, 0) is 14.3 Å². The molecule has 1 aliphatic rings. The van der Waals surface area contributed by atoms with Crippen LogP contribution in [0, 0.1) is 0 Å². The number of nitrogens with zero attached hydrogens (tertiary/aromatic N) is 1. The highest BCUT2D eigenvalue weighted by molar-refractivity contribution is 6.33. The van der Waals surface area contributed by atoms with E-state index in [4.69, 9.17) is 16.3 Å². The molecule has 1 aliphatic heterocycles. The average molecular weight is 256 g/mol. The Balaban J connectivity index is 2.32. The van der Waals surface area contributed by atoms with Gasteiger partial charge in [-0.2, -0.15) is 0 Å². The van der Waals surface area contributed by atoms with Crippen molar-refractivity contribution in [3.8, 4) is 5.75 Å². The van der Waals surface area contributed by atoms with E-state index < -0.39 is 11.9 Å². The summed E-state index contributed by atoms with van der Waals surface area (Å²) in [4.78, 5) is 23.9. The van der Waals surface area contributed by atoms with Crippen LogP contribution in [0.25, 0.3) is 0 Å². The molecule has 1 aromatic rings. The number of benzene rings is 1. The Bertz CT molecular complexity index is 459. The smallest absolute Gasteiger partial charge is 0.333 e. The molecule has 0 atom stereocenters. The van der Waals surface area contributed by atoms with Gasteiger partial charge in [-0.05, 0) is 12.1 Å².